The maximum atomic E-state index is 10.9. The lowest BCUT2D eigenvalue weighted by Crippen LogP contribution is -2.04. The fourth-order valence-corrected chi connectivity index (χ4v) is 1.46. The Labute approximate surface area is 90.2 Å². The molecule has 2 rings (SSSR count). The standard InChI is InChI=1S/C11H6N2O3/c12-5-7-9(11(15)16)13-8-4-2-1-3-6(8)10(7)14/h1-4H,(H,13,14)(H,15,16). The van der Waals surface area contributed by atoms with Gasteiger partial charge in [-0.1, -0.05) is 12.1 Å². The number of carboxylic acids is 1. The molecule has 2 N–H and O–H groups in total. The normalized spacial score (nSPS) is 9.94. The summed E-state index contributed by atoms with van der Waals surface area (Å²) < 4.78 is 0. The van der Waals surface area contributed by atoms with E-state index in [1.54, 1.807) is 30.3 Å². The minimum atomic E-state index is -1.34. The van der Waals surface area contributed by atoms with E-state index < -0.39 is 11.7 Å². The summed E-state index contributed by atoms with van der Waals surface area (Å²) in [6, 6.07) is 8.13. The number of para-hydroxylation sites is 1. The zero-order valence-corrected chi connectivity index (χ0v) is 8.01. The summed E-state index contributed by atoms with van der Waals surface area (Å²) in [5.74, 6) is -1.68. The van der Waals surface area contributed by atoms with E-state index in [0.29, 0.717) is 10.9 Å². The average Bonchev–Trinajstić information content (AvgIpc) is 2.29. The van der Waals surface area contributed by atoms with Crippen LogP contribution in [-0.4, -0.2) is 21.2 Å². The molecule has 0 saturated heterocycles. The average molecular weight is 214 g/mol. The number of carboxylic acid groups (broad SMARTS) is 1. The van der Waals surface area contributed by atoms with E-state index in [1.165, 1.54) is 0 Å². The highest BCUT2D eigenvalue weighted by molar-refractivity contribution is 5.96. The summed E-state index contributed by atoms with van der Waals surface area (Å²) in [5, 5.41) is 27.8. The molecule has 0 aliphatic carbocycles. The summed E-state index contributed by atoms with van der Waals surface area (Å²) >= 11 is 0. The monoisotopic (exact) mass is 214 g/mol. The third kappa shape index (κ3) is 1.33. The number of carbonyl (C=O) groups is 1. The highest BCUT2D eigenvalue weighted by Crippen LogP contribution is 2.28. The molecule has 0 atom stereocenters. The number of nitriles is 1. The fraction of sp³-hybridized carbons (Fsp3) is 0. The Balaban J connectivity index is 2.94. The molecule has 0 bridgehead atoms. The van der Waals surface area contributed by atoms with Crippen molar-refractivity contribution in [3.63, 3.8) is 0 Å². The van der Waals surface area contributed by atoms with E-state index in [1.807, 2.05) is 0 Å². The fourth-order valence-electron chi connectivity index (χ4n) is 1.46. The first-order valence-electron chi connectivity index (χ1n) is 4.40. The van der Waals surface area contributed by atoms with Gasteiger partial charge in [0.1, 0.15) is 17.4 Å². The molecule has 5 nitrogen and oxygen atoms in total. The van der Waals surface area contributed by atoms with Gasteiger partial charge in [-0.2, -0.15) is 5.26 Å². The van der Waals surface area contributed by atoms with E-state index in [4.69, 9.17) is 10.4 Å². The van der Waals surface area contributed by atoms with Crippen molar-refractivity contribution >= 4 is 16.9 Å². The number of pyridine rings is 1. The molecule has 0 amide bonds. The van der Waals surface area contributed by atoms with Gasteiger partial charge in [0.25, 0.3) is 0 Å². The number of hydrogen-bond donors (Lipinski definition) is 2. The number of hydrogen-bond acceptors (Lipinski definition) is 4. The van der Waals surface area contributed by atoms with Gasteiger partial charge in [0, 0.05) is 5.39 Å². The number of fused-ring (bicyclic) bond motifs is 1. The molecule has 1 heterocycles. The lowest BCUT2D eigenvalue weighted by Gasteiger charge is -2.04. The molecule has 0 unspecified atom stereocenters. The van der Waals surface area contributed by atoms with Crippen LogP contribution in [0.25, 0.3) is 10.9 Å². The SMILES string of the molecule is N#Cc1c(C(=O)O)nc2ccccc2c1O. The number of aromatic carboxylic acids is 1. The predicted molar refractivity (Wildman–Crippen MR) is 55.1 cm³/mol. The van der Waals surface area contributed by atoms with Gasteiger partial charge in [0.2, 0.25) is 0 Å². The Hall–Kier alpha value is -2.61. The predicted octanol–water partition coefficient (Wildman–Crippen LogP) is 1.51. The zero-order valence-electron chi connectivity index (χ0n) is 8.01. The molecule has 2 aromatic rings. The summed E-state index contributed by atoms with van der Waals surface area (Å²) in [7, 11) is 0. The molecule has 0 fully saturated rings. The molecule has 0 saturated carbocycles. The van der Waals surface area contributed by atoms with E-state index in [2.05, 4.69) is 4.98 Å². The van der Waals surface area contributed by atoms with Crippen LogP contribution in [0.3, 0.4) is 0 Å². The molecule has 0 aliphatic rings. The maximum Gasteiger partial charge on any atom is 0.356 e. The highest BCUT2D eigenvalue weighted by Gasteiger charge is 2.18. The minimum Gasteiger partial charge on any atom is -0.506 e. The summed E-state index contributed by atoms with van der Waals surface area (Å²) in [4.78, 5) is 14.7. The van der Waals surface area contributed by atoms with Crippen molar-refractivity contribution in [3.8, 4) is 11.8 Å². The van der Waals surface area contributed by atoms with Gasteiger partial charge in [-0.25, -0.2) is 9.78 Å². The molecule has 0 spiro atoms. The van der Waals surface area contributed by atoms with Gasteiger partial charge >= 0.3 is 5.97 Å². The van der Waals surface area contributed by atoms with Gasteiger partial charge in [-0.05, 0) is 12.1 Å². The van der Waals surface area contributed by atoms with Crippen LogP contribution in [0, 0.1) is 11.3 Å². The molecule has 78 valence electrons. The van der Waals surface area contributed by atoms with Gasteiger partial charge in [-0.15, -0.1) is 0 Å². The molecule has 0 aliphatic heterocycles. The molecule has 16 heavy (non-hydrogen) atoms. The van der Waals surface area contributed by atoms with E-state index >= 15 is 0 Å². The van der Waals surface area contributed by atoms with Gasteiger partial charge in [0.05, 0.1) is 5.52 Å². The summed E-state index contributed by atoms with van der Waals surface area (Å²) in [6.07, 6.45) is 0. The second kappa shape index (κ2) is 3.51. The number of nitrogens with zero attached hydrogens (tertiary/aromatic N) is 2. The lowest BCUT2D eigenvalue weighted by atomic mass is 10.1. The third-order valence-electron chi connectivity index (χ3n) is 2.18. The van der Waals surface area contributed by atoms with E-state index in [-0.39, 0.29) is 11.3 Å². The van der Waals surface area contributed by atoms with Crippen molar-refractivity contribution in [1.29, 1.82) is 5.26 Å². The lowest BCUT2D eigenvalue weighted by molar-refractivity contribution is 0.0690. The van der Waals surface area contributed by atoms with Crippen LogP contribution in [0.4, 0.5) is 0 Å². The topological polar surface area (TPSA) is 94.2 Å². The second-order valence-corrected chi connectivity index (χ2v) is 3.12. The van der Waals surface area contributed by atoms with Crippen molar-refractivity contribution in [2.45, 2.75) is 0 Å². The van der Waals surface area contributed by atoms with Crippen LogP contribution in [0.5, 0.6) is 5.75 Å². The summed E-state index contributed by atoms with van der Waals surface area (Å²) in [5.41, 5.74) is -0.402. The van der Waals surface area contributed by atoms with Crippen molar-refractivity contribution in [2.24, 2.45) is 0 Å². The molecule has 1 aromatic heterocycles. The first kappa shape index (κ1) is 9.93. The van der Waals surface area contributed by atoms with Crippen LogP contribution < -0.4 is 0 Å². The quantitative estimate of drug-likeness (QED) is 0.750. The Morgan fingerprint density at radius 2 is 2.06 bits per heavy atom. The molecule has 5 heteroatoms. The smallest absolute Gasteiger partial charge is 0.356 e. The summed E-state index contributed by atoms with van der Waals surface area (Å²) in [6.45, 7) is 0. The first-order chi connectivity index (χ1) is 7.65. The van der Waals surface area contributed by atoms with E-state index in [0.717, 1.165) is 0 Å². The van der Waals surface area contributed by atoms with Gasteiger partial charge in [-0.3, -0.25) is 0 Å². The van der Waals surface area contributed by atoms with Crippen LogP contribution in [-0.2, 0) is 0 Å². The van der Waals surface area contributed by atoms with Gasteiger partial charge in [0.15, 0.2) is 5.69 Å². The number of aromatic nitrogens is 1. The van der Waals surface area contributed by atoms with Crippen LogP contribution in [0.1, 0.15) is 16.1 Å². The molecular weight excluding hydrogens is 208 g/mol. The van der Waals surface area contributed by atoms with Gasteiger partial charge < -0.3 is 10.2 Å². The van der Waals surface area contributed by atoms with Crippen molar-refractivity contribution in [3.05, 3.63) is 35.5 Å². The Bertz CT molecular complexity index is 629. The third-order valence-corrected chi connectivity index (χ3v) is 2.18. The zero-order chi connectivity index (χ0) is 11.7. The van der Waals surface area contributed by atoms with Crippen LogP contribution in [0.15, 0.2) is 24.3 Å². The van der Waals surface area contributed by atoms with Crippen LogP contribution in [0.2, 0.25) is 0 Å². The minimum absolute atomic E-state index is 0.314. The molecular formula is C11H6N2O3. The number of benzene rings is 1. The number of aromatic hydroxyl groups is 1. The van der Waals surface area contributed by atoms with Crippen molar-refractivity contribution < 1.29 is 15.0 Å². The van der Waals surface area contributed by atoms with Crippen LogP contribution >= 0.6 is 0 Å². The largest absolute Gasteiger partial charge is 0.506 e. The van der Waals surface area contributed by atoms with E-state index in [9.17, 15) is 9.90 Å². The maximum absolute atomic E-state index is 10.9. The van der Waals surface area contributed by atoms with Crippen molar-refractivity contribution in [2.75, 3.05) is 0 Å². The Morgan fingerprint density at radius 1 is 1.38 bits per heavy atom. The number of rotatable bonds is 1. The Kier molecular flexibility index (Phi) is 2.18. The molecule has 1 aromatic carbocycles. The molecule has 0 radical (unpaired) electrons. The Morgan fingerprint density at radius 3 is 2.69 bits per heavy atom. The second-order valence-electron chi connectivity index (χ2n) is 3.12. The first-order valence-corrected chi connectivity index (χ1v) is 4.40. The van der Waals surface area contributed by atoms with Crippen molar-refractivity contribution in [1.82, 2.24) is 4.98 Å². The highest BCUT2D eigenvalue weighted by atomic mass is 16.4.